The molecule has 0 aromatic heterocycles. The number of rotatable bonds is 5. The van der Waals surface area contributed by atoms with Gasteiger partial charge in [0.25, 0.3) is 5.91 Å². The summed E-state index contributed by atoms with van der Waals surface area (Å²) >= 11 is 0. The number of fused-ring (bicyclic) bond motifs is 1. The van der Waals surface area contributed by atoms with E-state index in [4.69, 9.17) is 4.74 Å². The van der Waals surface area contributed by atoms with Crippen molar-refractivity contribution in [3.63, 3.8) is 0 Å². The van der Waals surface area contributed by atoms with Crippen LogP contribution in [0.25, 0.3) is 0 Å². The molecule has 1 fully saturated rings. The Balaban J connectivity index is 1.58. The van der Waals surface area contributed by atoms with Crippen molar-refractivity contribution in [3.05, 3.63) is 29.3 Å². The Morgan fingerprint density at radius 2 is 1.74 bits per heavy atom. The Bertz CT molecular complexity index is 827. The minimum Gasteiger partial charge on any atom is -0.455 e. The Labute approximate surface area is 160 Å². The minimum absolute atomic E-state index is 0.239. The van der Waals surface area contributed by atoms with Crippen LogP contribution in [0.3, 0.4) is 0 Å². The van der Waals surface area contributed by atoms with Crippen molar-refractivity contribution >= 4 is 21.9 Å². The number of benzene rings is 1. The predicted molar refractivity (Wildman–Crippen MR) is 99.6 cm³/mol. The first-order chi connectivity index (χ1) is 12.8. The molecule has 1 saturated heterocycles. The van der Waals surface area contributed by atoms with E-state index in [-0.39, 0.29) is 31.5 Å². The van der Waals surface area contributed by atoms with Crippen LogP contribution in [-0.2, 0) is 37.2 Å². The third-order valence-corrected chi connectivity index (χ3v) is 7.00. The fourth-order valence-corrected chi connectivity index (χ4v) is 4.90. The summed E-state index contributed by atoms with van der Waals surface area (Å²) in [6.45, 7) is 4.18. The second-order valence-corrected chi connectivity index (χ2v) is 9.27. The Hall–Kier alpha value is -1.93. The first-order valence-electron chi connectivity index (χ1n) is 9.35. The van der Waals surface area contributed by atoms with E-state index in [9.17, 15) is 18.0 Å². The second kappa shape index (κ2) is 7.98. The van der Waals surface area contributed by atoms with Crippen LogP contribution < -0.4 is 0 Å². The maximum Gasteiger partial charge on any atom is 0.308 e. The van der Waals surface area contributed by atoms with Crippen LogP contribution in [-0.4, -0.2) is 62.3 Å². The number of carbonyl (C=O) groups is 2. The molecule has 0 bridgehead atoms. The van der Waals surface area contributed by atoms with Crippen molar-refractivity contribution in [1.29, 1.82) is 0 Å². The molecule has 0 saturated carbocycles. The van der Waals surface area contributed by atoms with Crippen LogP contribution in [0.2, 0.25) is 0 Å². The number of aryl methyl sites for hydroxylation is 2. The molecule has 7 nitrogen and oxygen atoms in total. The van der Waals surface area contributed by atoms with Gasteiger partial charge in [-0.15, -0.1) is 0 Å². The largest absolute Gasteiger partial charge is 0.455 e. The summed E-state index contributed by atoms with van der Waals surface area (Å²) in [6, 6.07) is 5.39. The summed E-state index contributed by atoms with van der Waals surface area (Å²) in [7, 11) is -3.56. The van der Waals surface area contributed by atoms with Gasteiger partial charge in [0.2, 0.25) is 10.0 Å². The van der Waals surface area contributed by atoms with E-state index in [1.165, 1.54) is 9.87 Å². The van der Waals surface area contributed by atoms with Crippen molar-refractivity contribution in [2.75, 3.05) is 32.8 Å². The van der Waals surface area contributed by atoms with Gasteiger partial charge in [0, 0.05) is 26.2 Å². The monoisotopic (exact) mass is 394 g/mol. The van der Waals surface area contributed by atoms with Crippen molar-refractivity contribution < 1.29 is 22.7 Å². The van der Waals surface area contributed by atoms with Crippen molar-refractivity contribution in [2.45, 2.75) is 38.0 Å². The van der Waals surface area contributed by atoms with Gasteiger partial charge < -0.3 is 9.64 Å². The average molecular weight is 394 g/mol. The lowest BCUT2D eigenvalue weighted by Gasteiger charge is -2.34. The number of piperazine rings is 1. The SMILES string of the molecule is CC(C)C(=O)OCC(=O)N1CCN(S(=O)(=O)c2ccc3c(c2)CCC3)CC1. The third-order valence-electron chi connectivity index (χ3n) is 5.11. The van der Waals surface area contributed by atoms with Gasteiger partial charge in [0.15, 0.2) is 6.61 Å². The van der Waals surface area contributed by atoms with Crippen molar-refractivity contribution in [1.82, 2.24) is 9.21 Å². The lowest BCUT2D eigenvalue weighted by Crippen LogP contribution is -2.51. The molecule has 2 aliphatic rings. The van der Waals surface area contributed by atoms with E-state index >= 15 is 0 Å². The summed E-state index contributed by atoms with van der Waals surface area (Å²) in [5, 5.41) is 0. The van der Waals surface area contributed by atoms with Crippen LogP contribution in [0, 0.1) is 5.92 Å². The molecule has 0 radical (unpaired) electrons. The molecule has 1 amide bonds. The molecular weight excluding hydrogens is 368 g/mol. The summed E-state index contributed by atoms with van der Waals surface area (Å²) < 4.78 is 32.2. The van der Waals surface area contributed by atoms with Gasteiger partial charge in [-0.05, 0) is 42.5 Å². The highest BCUT2D eigenvalue weighted by molar-refractivity contribution is 7.89. The number of hydrogen-bond donors (Lipinski definition) is 0. The summed E-state index contributed by atoms with van der Waals surface area (Å²) in [5.74, 6) is -0.994. The molecular formula is C19H26N2O5S. The summed E-state index contributed by atoms with van der Waals surface area (Å²) in [5.41, 5.74) is 2.36. The molecule has 0 spiro atoms. The smallest absolute Gasteiger partial charge is 0.308 e. The highest BCUT2D eigenvalue weighted by Gasteiger charge is 2.31. The molecule has 0 atom stereocenters. The molecule has 1 aromatic carbocycles. The fraction of sp³-hybridized carbons (Fsp3) is 0.579. The zero-order valence-corrected chi connectivity index (χ0v) is 16.6. The molecule has 1 aromatic rings. The normalized spacial score (nSPS) is 17.8. The van der Waals surface area contributed by atoms with E-state index in [2.05, 4.69) is 0 Å². The quantitative estimate of drug-likeness (QED) is 0.701. The number of sulfonamides is 1. The Kier molecular flexibility index (Phi) is 5.86. The Morgan fingerprint density at radius 3 is 2.41 bits per heavy atom. The molecule has 0 unspecified atom stereocenters. The highest BCUT2D eigenvalue weighted by Crippen LogP contribution is 2.26. The van der Waals surface area contributed by atoms with Gasteiger partial charge in [0.1, 0.15) is 0 Å². The number of esters is 1. The van der Waals surface area contributed by atoms with Crippen LogP contribution in [0.4, 0.5) is 0 Å². The maximum atomic E-state index is 12.9. The topological polar surface area (TPSA) is 84.0 Å². The first-order valence-corrected chi connectivity index (χ1v) is 10.8. The summed E-state index contributed by atoms with van der Waals surface area (Å²) in [6.07, 6.45) is 3.01. The highest BCUT2D eigenvalue weighted by atomic mass is 32.2. The number of amides is 1. The van der Waals surface area contributed by atoms with E-state index in [1.807, 2.05) is 6.07 Å². The standard InChI is InChI=1S/C19H26N2O5S/c1-14(2)19(23)26-13-18(22)20-8-10-21(11-9-20)27(24,25)17-7-6-15-4-3-5-16(15)12-17/h6-7,12,14H,3-5,8-11,13H2,1-2H3. The number of carbonyl (C=O) groups excluding carboxylic acids is 2. The van der Waals surface area contributed by atoms with Gasteiger partial charge in [0.05, 0.1) is 10.8 Å². The average Bonchev–Trinajstić information content (AvgIpc) is 3.13. The molecule has 0 N–H and O–H groups in total. The van der Waals surface area contributed by atoms with Crippen LogP contribution in [0.5, 0.6) is 0 Å². The van der Waals surface area contributed by atoms with E-state index in [1.54, 1.807) is 30.9 Å². The lowest BCUT2D eigenvalue weighted by atomic mass is 10.1. The second-order valence-electron chi connectivity index (χ2n) is 7.33. The molecule has 3 rings (SSSR count). The molecule has 8 heteroatoms. The van der Waals surface area contributed by atoms with Gasteiger partial charge in [-0.3, -0.25) is 9.59 Å². The molecule has 148 valence electrons. The molecule has 1 aliphatic carbocycles. The fourth-order valence-electron chi connectivity index (χ4n) is 3.43. The molecule has 1 aliphatic heterocycles. The molecule has 27 heavy (non-hydrogen) atoms. The minimum atomic E-state index is -3.56. The van der Waals surface area contributed by atoms with Crippen LogP contribution in [0.1, 0.15) is 31.4 Å². The first kappa shape index (κ1) is 19.8. The van der Waals surface area contributed by atoms with Gasteiger partial charge in [-0.1, -0.05) is 19.9 Å². The van der Waals surface area contributed by atoms with E-state index < -0.39 is 16.0 Å². The third kappa shape index (κ3) is 4.32. The zero-order valence-electron chi connectivity index (χ0n) is 15.8. The zero-order chi connectivity index (χ0) is 19.6. The summed E-state index contributed by atoms with van der Waals surface area (Å²) in [4.78, 5) is 25.5. The van der Waals surface area contributed by atoms with Crippen LogP contribution in [0.15, 0.2) is 23.1 Å². The van der Waals surface area contributed by atoms with Gasteiger partial charge in [-0.2, -0.15) is 4.31 Å². The maximum absolute atomic E-state index is 12.9. The molecule has 1 heterocycles. The van der Waals surface area contributed by atoms with Gasteiger partial charge in [-0.25, -0.2) is 8.42 Å². The Morgan fingerprint density at radius 1 is 1.07 bits per heavy atom. The predicted octanol–water partition coefficient (Wildman–Crippen LogP) is 1.21. The van der Waals surface area contributed by atoms with Crippen LogP contribution >= 0.6 is 0 Å². The van der Waals surface area contributed by atoms with Gasteiger partial charge >= 0.3 is 5.97 Å². The van der Waals surface area contributed by atoms with E-state index in [0.29, 0.717) is 18.0 Å². The number of ether oxygens (including phenoxy) is 1. The number of nitrogens with zero attached hydrogens (tertiary/aromatic N) is 2. The van der Waals surface area contributed by atoms with Crippen molar-refractivity contribution in [2.24, 2.45) is 5.92 Å². The number of hydrogen-bond acceptors (Lipinski definition) is 5. The van der Waals surface area contributed by atoms with Crippen molar-refractivity contribution in [3.8, 4) is 0 Å². The van der Waals surface area contributed by atoms with E-state index in [0.717, 1.165) is 24.8 Å². The lowest BCUT2D eigenvalue weighted by molar-refractivity contribution is -0.155.